The summed E-state index contributed by atoms with van der Waals surface area (Å²) in [5, 5.41) is 6.84. The van der Waals surface area contributed by atoms with Crippen molar-refractivity contribution >= 4 is 21.7 Å². The van der Waals surface area contributed by atoms with Crippen molar-refractivity contribution in [3.8, 4) is 0 Å². The van der Waals surface area contributed by atoms with E-state index in [9.17, 15) is 4.79 Å². The summed E-state index contributed by atoms with van der Waals surface area (Å²) in [6, 6.07) is 24.3. The summed E-state index contributed by atoms with van der Waals surface area (Å²) in [6.45, 7) is 3.71. The molecule has 3 aromatic carbocycles. The largest absolute Gasteiger partial charge is 0.423 e. The summed E-state index contributed by atoms with van der Waals surface area (Å²) in [4.78, 5) is 12.0. The van der Waals surface area contributed by atoms with E-state index in [4.69, 9.17) is 4.42 Å². The van der Waals surface area contributed by atoms with Crippen molar-refractivity contribution < 1.29 is 4.42 Å². The van der Waals surface area contributed by atoms with Gasteiger partial charge >= 0.3 is 5.63 Å². The Morgan fingerprint density at radius 2 is 1.74 bits per heavy atom. The molecule has 3 heteroatoms. The third kappa shape index (κ3) is 3.64. The van der Waals surface area contributed by atoms with Crippen LogP contribution in [0.1, 0.15) is 30.4 Å². The fourth-order valence-corrected chi connectivity index (χ4v) is 3.76. The molecule has 136 valence electrons. The predicted molar refractivity (Wildman–Crippen MR) is 111 cm³/mol. The van der Waals surface area contributed by atoms with Gasteiger partial charge in [-0.15, -0.1) is 0 Å². The second kappa shape index (κ2) is 7.77. The molecule has 0 fully saturated rings. The molecule has 3 nitrogen and oxygen atoms in total. The predicted octanol–water partition coefficient (Wildman–Crippen LogP) is 5.23. The van der Waals surface area contributed by atoms with Crippen LogP contribution in [0, 0.1) is 0 Å². The topological polar surface area (TPSA) is 42.2 Å². The van der Waals surface area contributed by atoms with Gasteiger partial charge in [0.25, 0.3) is 0 Å². The lowest BCUT2D eigenvalue weighted by atomic mass is 9.96. The quantitative estimate of drug-likeness (QED) is 0.379. The lowest BCUT2D eigenvalue weighted by Gasteiger charge is -2.17. The molecule has 1 aromatic heterocycles. The van der Waals surface area contributed by atoms with Gasteiger partial charge in [0, 0.05) is 24.5 Å². The van der Waals surface area contributed by atoms with Crippen LogP contribution < -0.4 is 10.9 Å². The minimum atomic E-state index is -0.301. The fraction of sp³-hybridized carbons (Fsp3) is 0.208. The molecular weight excluding hydrogens is 334 g/mol. The summed E-state index contributed by atoms with van der Waals surface area (Å²) < 4.78 is 5.44. The number of fused-ring (bicyclic) bond motifs is 3. The smallest absolute Gasteiger partial charge is 0.336 e. The van der Waals surface area contributed by atoms with Crippen LogP contribution in [-0.2, 0) is 6.54 Å². The highest BCUT2D eigenvalue weighted by molar-refractivity contribution is 6.07. The lowest BCUT2D eigenvalue weighted by Crippen LogP contribution is -2.21. The van der Waals surface area contributed by atoms with E-state index < -0.39 is 0 Å². The van der Waals surface area contributed by atoms with Crippen molar-refractivity contribution in [3.05, 3.63) is 94.3 Å². The standard InChI is InChI=1S/C24H23NO2/c1-2-17(18-8-4-3-5-9-18)15-25-16-20-14-23(26)27-22-13-12-19-10-6-7-11-21(19)24(20)22/h3-14,17,25H,2,15-16H2,1H3/t17-/m1/s1. The minimum absolute atomic E-state index is 0.301. The van der Waals surface area contributed by atoms with Crippen LogP contribution in [0.4, 0.5) is 0 Å². The van der Waals surface area contributed by atoms with E-state index in [0.717, 1.165) is 34.7 Å². The van der Waals surface area contributed by atoms with Crippen LogP contribution in [-0.4, -0.2) is 6.54 Å². The number of benzene rings is 3. The maximum Gasteiger partial charge on any atom is 0.336 e. The van der Waals surface area contributed by atoms with Gasteiger partial charge in [-0.1, -0.05) is 67.6 Å². The van der Waals surface area contributed by atoms with Crippen molar-refractivity contribution in [2.75, 3.05) is 6.54 Å². The summed E-state index contributed by atoms with van der Waals surface area (Å²) in [5.74, 6) is 0.453. The second-order valence-corrected chi connectivity index (χ2v) is 6.90. The van der Waals surface area contributed by atoms with Gasteiger partial charge in [-0.3, -0.25) is 0 Å². The molecule has 0 aliphatic heterocycles. The van der Waals surface area contributed by atoms with Gasteiger partial charge in [0.15, 0.2) is 0 Å². The molecule has 27 heavy (non-hydrogen) atoms. The summed E-state index contributed by atoms with van der Waals surface area (Å²) in [5.41, 5.74) is 2.68. The first-order valence-electron chi connectivity index (χ1n) is 9.46. The zero-order valence-corrected chi connectivity index (χ0v) is 15.4. The van der Waals surface area contributed by atoms with E-state index in [2.05, 4.69) is 48.6 Å². The molecule has 0 bridgehead atoms. The highest BCUT2D eigenvalue weighted by Crippen LogP contribution is 2.27. The average molecular weight is 357 g/mol. The third-order valence-electron chi connectivity index (χ3n) is 5.18. The molecular formula is C24H23NO2. The Morgan fingerprint density at radius 3 is 2.56 bits per heavy atom. The van der Waals surface area contributed by atoms with Gasteiger partial charge in [0.2, 0.25) is 0 Å². The van der Waals surface area contributed by atoms with Crippen molar-refractivity contribution in [2.24, 2.45) is 0 Å². The van der Waals surface area contributed by atoms with E-state index in [-0.39, 0.29) is 5.63 Å². The van der Waals surface area contributed by atoms with Crippen LogP contribution in [0.5, 0.6) is 0 Å². The summed E-state index contributed by atoms with van der Waals surface area (Å²) in [6.07, 6.45) is 1.07. The number of hydrogen-bond acceptors (Lipinski definition) is 3. The van der Waals surface area contributed by atoms with E-state index in [0.29, 0.717) is 18.0 Å². The molecule has 4 aromatic rings. The monoisotopic (exact) mass is 357 g/mol. The number of rotatable bonds is 6. The van der Waals surface area contributed by atoms with E-state index in [1.165, 1.54) is 5.56 Å². The molecule has 4 rings (SSSR count). The molecule has 0 amide bonds. The maximum atomic E-state index is 12.0. The van der Waals surface area contributed by atoms with Gasteiger partial charge in [-0.05, 0) is 40.3 Å². The first-order valence-corrected chi connectivity index (χ1v) is 9.46. The molecule has 1 heterocycles. The van der Waals surface area contributed by atoms with Crippen molar-refractivity contribution in [1.82, 2.24) is 5.32 Å². The summed E-state index contributed by atoms with van der Waals surface area (Å²) in [7, 11) is 0. The van der Waals surface area contributed by atoms with E-state index >= 15 is 0 Å². The highest BCUT2D eigenvalue weighted by Gasteiger charge is 2.12. The molecule has 1 N–H and O–H groups in total. The van der Waals surface area contributed by atoms with Crippen molar-refractivity contribution in [3.63, 3.8) is 0 Å². The molecule has 0 aliphatic rings. The molecule has 0 spiro atoms. The molecule has 0 aliphatic carbocycles. The SMILES string of the molecule is CC[C@H](CNCc1cc(=O)oc2ccc3ccccc3c12)c1ccccc1. The Hall–Kier alpha value is -2.91. The van der Waals surface area contributed by atoms with Crippen LogP contribution in [0.25, 0.3) is 21.7 Å². The highest BCUT2D eigenvalue weighted by atomic mass is 16.4. The molecule has 0 saturated heterocycles. The van der Waals surface area contributed by atoms with Gasteiger partial charge in [-0.2, -0.15) is 0 Å². The second-order valence-electron chi connectivity index (χ2n) is 6.90. The number of nitrogens with one attached hydrogen (secondary N) is 1. The third-order valence-corrected chi connectivity index (χ3v) is 5.18. The number of hydrogen-bond donors (Lipinski definition) is 1. The van der Waals surface area contributed by atoms with Crippen LogP contribution in [0.3, 0.4) is 0 Å². The normalized spacial score (nSPS) is 12.5. The zero-order chi connectivity index (χ0) is 18.6. The van der Waals surface area contributed by atoms with E-state index in [1.807, 2.05) is 30.3 Å². The summed E-state index contributed by atoms with van der Waals surface area (Å²) >= 11 is 0. The van der Waals surface area contributed by atoms with Gasteiger partial charge in [0.05, 0.1) is 0 Å². The van der Waals surface area contributed by atoms with Crippen LogP contribution in [0.15, 0.2) is 82.0 Å². The maximum absolute atomic E-state index is 12.0. The van der Waals surface area contributed by atoms with Crippen molar-refractivity contribution in [1.29, 1.82) is 0 Å². The Morgan fingerprint density at radius 1 is 0.963 bits per heavy atom. The Labute approximate surface area is 158 Å². The Kier molecular flexibility index (Phi) is 5.03. The average Bonchev–Trinajstić information content (AvgIpc) is 2.71. The van der Waals surface area contributed by atoms with Gasteiger partial charge in [-0.25, -0.2) is 4.79 Å². The molecule has 1 atom stereocenters. The van der Waals surface area contributed by atoms with Crippen LogP contribution >= 0.6 is 0 Å². The first-order chi connectivity index (χ1) is 13.3. The van der Waals surface area contributed by atoms with Crippen LogP contribution in [0.2, 0.25) is 0 Å². The molecule has 0 saturated carbocycles. The minimum Gasteiger partial charge on any atom is -0.423 e. The fourth-order valence-electron chi connectivity index (χ4n) is 3.76. The van der Waals surface area contributed by atoms with Gasteiger partial charge in [0.1, 0.15) is 5.58 Å². The van der Waals surface area contributed by atoms with Crippen molar-refractivity contribution in [2.45, 2.75) is 25.8 Å². The molecule has 0 unspecified atom stereocenters. The lowest BCUT2D eigenvalue weighted by molar-refractivity contribution is 0.549. The molecule has 0 radical (unpaired) electrons. The Bertz CT molecular complexity index is 1120. The Balaban J connectivity index is 1.63. The van der Waals surface area contributed by atoms with Gasteiger partial charge < -0.3 is 9.73 Å². The van der Waals surface area contributed by atoms with E-state index in [1.54, 1.807) is 6.07 Å². The zero-order valence-electron chi connectivity index (χ0n) is 15.4. The first kappa shape index (κ1) is 17.5.